The molecule has 0 fully saturated rings. The number of aryl methyl sites for hydroxylation is 1. The van der Waals surface area contributed by atoms with E-state index in [0.717, 1.165) is 6.42 Å². The third-order valence-electron chi connectivity index (χ3n) is 2.31. The van der Waals surface area contributed by atoms with E-state index in [1.54, 1.807) is 17.5 Å². The maximum Gasteiger partial charge on any atom is 0.0431 e. The van der Waals surface area contributed by atoms with Gasteiger partial charge in [-0.25, -0.2) is 0 Å². The molecule has 3 heteroatoms. The zero-order chi connectivity index (χ0) is 10.7. The van der Waals surface area contributed by atoms with Crippen LogP contribution in [0.25, 0.3) is 0 Å². The molecule has 2 aromatic rings. The lowest BCUT2D eigenvalue weighted by molar-refractivity contribution is 0.734. The maximum atomic E-state index is 6.12. The molecular weight excluding hydrogens is 204 g/mol. The topological polar surface area (TPSA) is 38.9 Å². The van der Waals surface area contributed by atoms with Crippen LogP contribution in [0.3, 0.4) is 0 Å². The summed E-state index contributed by atoms with van der Waals surface area (Å²) in [5, 5.41) is 0. The first-order chi connectivity index (χ1) is 7.25. The Labute approximate surface area is 93.8 Å². The molecule has 2 nitrogen and oxygen atoms in total. The standard InChI is InChI=1S/C12H14N2S/c1-9-4-5-12(15-9)11(13)7-10-3-2-6-14-8-10/h2-6,8,11H,7,13H2,1H3. The van der Waals surface area contributed by atoms with Gasteiger partial charge in [-0.05, 0) is 37.1 Å². The summed E-state index contributed by atoms with van der Waals surface area (Å²) in [5.74, 6) is 0. The normalized spacial score (nSPS) is 12.7. The summed E-state index contributed by atoms with van der Waals surface area (Å²) in [6, 6.07) is 8.33. The predicted molar refractivity (Wildman–Crippen MR) is 63.9 cm³/mol. The van der Waals surface area contributed by atoms with Crippen molar-refractivity contribution in [3.05, 3.63) is 52.0 Å². The van der Waals surface area contributed by atoms with Crippen LogP contribution in [0, 0.1) is 6.92 Å². The summed E-state index contributed by atoms with van der Waals surface area (Å²) >= 11 is 1.77. The van der Waals surface area contributed by atoms with Crippen molar-refractivity contribution in [1.82, 2.24) is 4.98 Å². The lowest BCUT2D eigenvalue weighted by Gasteiger charge is -2.08. The molecule has 0 radical (unpaired) electrons. The quantitative estimate of drug-likeness (QED) is 0.860. The summed E-state index contributed by atoms with van der Waals surface area (Å²) < 4.78 is 0. The third-order valence-corrected chi connectivity index (χ3v) is 3.44. The molecule has 2 rings (SSSR count). The molecule has 0 bridgehead atoms. The van der Waals surface area contributed by atoms with Crippen molar-refractivity contribution in [2.45, 2.75) is 19.4 Å². The van der Waals surface area contributed by atoms with Crippen LogP contribution < -0.4 is 5.73 Å². The van der Waals surface area contributed by atoms with Crippen molar-refractivity contribution in [2.75, 3.05) is 0 Å². The van der Waals surface area contributed by atoms with Crippen LogP contribution in [0.1, 0.15) is 21.4 Å². The molecular formula is C12H14N2S. The molecule has 2 N–H and O–H groups in total. The zero-order valence-corrected chi connectivity index (χ0v) is 9.50. The van der Waals surface area contributed by atoms with E-state index in [1.165, 1.54) is 15.3 Å². The van der Waals surface area contributed by atoms with Gasteiger partial charge in [0.15, 0.2) is 0 Å². The Morgan fingerprint density at radius 2 is 2.27 bits per heavy atom. The van der Waals surface area contributed by atoms with Gasteiger partial charge in [-0.1, -0.05) is 6.07 Å². The van der Waals surface area contributed by atoms with Crippen molar-refractivity contribution in [3.63, 3.8) is 0 Å². The first-order valence-corrected chi connectivity index (χ1v) is 5.78. The van der Waals surface area contributed by atoms with Crippen LogP contribution in [0.5, 0.6) is 0 Å². The molecule has 0 aliphatic heterocycles. The van der Waals surface area contributed by atoms with E-state index >= 15 is 0 Å². The Balaban J connectivity index is 2.07. The Hall–Kier alpha value is -1.19. The summed E-state index contributed by atoms with van der Waals surface area (Å²) in [6.45, 7) is 2.10. The summed E-state index contributed by atoms with van der Waals surface area (Å²) in [5.41, 5.74) is 7.31. The van der Waals surface area contributed by atoms with Crippen LogP contribution in [0.2, 0.25) is 0 Å². The van der Waals surface area contributed by atoms with Gasteiger partial charge in [-0.2, -0.15) is 0 Å². The summed E-state index contributed by atoms with van der Waals surface area (Å²) in [6.07, 6.45) is 4.51. The highest BCUT2D eigenvalue weighted by Gasteiger charge is 2.08. The van der Waals surface area contributed by atoms with Gasteiger partial charge in [0.05, 0.1) is 0 Å². The van der Waals surface area contributed by atoms with Gasteiger partial charge in [0, 0.05) is 28.2 Å². The number of thiophene rings is 1. The van der Waals surface area contributed by atoms with E-state index < -0.39 is 0 Å². The number of nitrogens with zero attached hydrogens (tertiary/aromatic N) is 1. The van der Waals surface area contributed by atoms with Crippen molar-refractivity contribution < 1.29 is 0 Å². The smallest absolute Gasteiger partial charge is 0.0431 e. The van der Waals surface area contributed by atoms with Gasteiger partial charge in [0.2, 0.25) is 0 Å². The molecule has 15 heavy (non-hydrogen) atoms. The Morgan fingerprint density at radius 3 is 2.87 bits per heavy atom. The van der Waals surface area contributed by atoms with Crippen molar-refractivity contribution in [3.8, 4) is 0 Å². The van der Waals surface area contributed by atoms with Crippen LogP contribution in [-0.2, 0) is 6.42 Å². The first-order valence-electron chi connectivity index (χ1n) is 4.96. The average molecular weight is 218 g/mol. The second kappa shape index (κ2) is 4.55. The van der Waals surface area contributed by atoms with Gasteiger partial charge in [-0.3, -0.25) is 4.98 Å². The third kappa shape index (κ3) is 2.64. The van der Waals surface area contributed by atoms with Crippen molar-refractivity contribution in [2.24, 2.45) is 5.73 Å². The molecule has 0 amide bonds. The summed E-state index contributed by atoms with van der Waals surface area (Å²) in [4.78, 5) is 6.64. The minimum absolute atomic E-state index is 0.0906. The maximum absolute atomic E-state index is 6.12. The Bertz CT molecular complexity index is 422. The SMILES string of the molecule is Cc1ccc(C(N)Cc2cccnc2)s1. The average Bonchev–Trinajstić information content (AvgIpc) is 2.66. The molecule has 2 heterocycles. The van der Waals surface area contributed by atoms with Gasteiger partial charge < -0.3 is 5.73 Å². The van der Waals surface area contributed by atoms with E-state index in [2.05, 4.69) is 30.1 Å². The highest BCUT2D eigenvalue weighted by atomic mass is 32.1. The molecule has 0 aromatic carbocycles. The highest BCUT2D eigenvalue weighted by molar-refractivity contribution is 7.12. The Morgan fingerprint density at radius 1 is 1.40 bits per heavy atom. The van der Waals surface area contributed by atoms with E-state index in [0.29, 0.717) is 0 Å². The molecule has 0 aliphatic carbocycles. The fourth-order valence-corrected chi connectivity index (χ4v) is 2.40. The number of pyridine rings is 1. The first kappa shape index (κ1) is 10.3. The van der Waals surface area contributed by atoms with Gasteiger partial charge in [-0.15, -0.1) is 11.3 Å². The van der Waals surface area contributed by atoms with Crippen LogP contribution in [0.4, 0.5) is 0 Å². The van der Waals surface area contributed by atoms with Crippen LogP contribution in [0.15, 0.2) is 36.7 Å². The second-order valence-corrected chi connectivity index (χ2v) is 4.94. The summed E-state index contributed by atoms with van der Waals surface area (Å²) in [7, 11) is 0. The second-order valence-electron chi connectivity index (χ2n) is 3.62. The number of hydrogen-bond acceptors (Lipinski definition) is 3. The fraction of sp³-hybridized carbons (Fsp3) is 0.250. The molecule has 1 atom stereocenters. The van der Waals surface area contributed by atoms with Gasteiger partial charge in [0.1, 0.15) is 0 Å². The lowest BCUT2D eigenvalue weighted by atomic mass is 10.1. The largest absolute Gasteiger partial charge is 0.323 e. The fourth-order valence-electron chi connectivity index (χ4n) is 1.53. The van der Waals surface area contributed by atoms with Crippen LogP contribution in [-0.4, -0.2) is 4.98 Å². The molecule has 0 spiro atoms. The zero-order valence-electron chi connectivity index (χ0n) is 8.68. The monoisotopic (exact) mass is 218 g/mol. The number of nitrogens with two attached hydrogens (primary N) is 1. The number of aromatic nitrogens is 1. The molecule has 0 saturated heterocycles. The molecule has 78 valence electrons. The van der Waals surface area contributed by atoms with Crippen molar-refractivity contribution in [1.29, 1.82) is 0 Å². The number of rotatable bonds is 3. The minimum Gasteiger partial charge on any atom is -0.323 e. The highest BCUT2D eigenvalue weighted by Crippen LogP contribution is 2.23. The Kier molecular flexibility index (Phi) is 3.14. The molecule has 0 aliphatic rings. The van der Waals surface area contributed by atoms with E-state index in [9.17, 15) is 0 Å². The van der Waals surface area contributed by atoms with Crippen LogP contribution >= 0.6 is 11.3 Å². The molecule has 0 saturated carbocycles. The van der Waals surface area contributed by atoms with E-state index in [-0.39, 0.29) is 6.04 Å². The number of hydrogen-bond donors (Lipinski definition) is 1. The predicted octanol–water partition coefficient (Wildman–Crippen LogP) is 2.69. The van der Waals surface area contributed by atoms with E-state index in [4.69, 9.17) is 5.73 Å². The van der Waals surface area contributed by atoms with Gasteiger partial charge >= 0.3 is 0 Å². The molecule has 1 unspecified atom stereocenters. The molecule has 2 aromatic heterocycles. The lowest BCUT2D eigenvalue weighted by Crippen LogP contribution is -2.11. The van der Waals surface area contributed by atoms with Crippen molar-refractivity contribution >= 4 is 11.3 Å². The minimum atomic E-state index is 0.0906. The van der Waals surface area contributed by atoms with E-state index in [1.807, 2.05) is 12.3 Å². The van der Waals surface area contributed by atoms with Gasteiger partial charge in [0.25, 0.3) is 0 Å².